The fourth-order valence-corrected chi connectivity index (χ4v) is 1.95. The number of likely N-dealkylation sites (N-methyl/N-ethyl adjacent to an activating group) is 1. The first-order chi connectivity index (χ1) is 7.61. The second-order valence-electron chi connectivity index (χ2n) is 4.01. The van der Waals surface area contributed by atoms with Crippen LogP contribution in [0.5, 0.6) is 0 Å². The number of amides is 1. The summed E-state index contributed by atoms with van der Waals surface area (Å²) >= 11 is 0. The molecule has 0 aliphatic carbocycles. The van der Waals surface area contributed by atoms with Gasteiger partial charge in [-0.2, -0.15) is 0 Å². The summed E-state index contributed by atoms with van der Waals surface area (Å²) in [6.07, 6.45) is 1.30. The average Bonchev–Trinajstić information content (AvgIpc) is 2.30. The van der Waals surface area contributed by atoms with Gasteiger partial charge >= 0.3 is 0 Å². The van der Waals surface area contributed by atoms with Crippen molar-refractivity contribution >= 4 is 11.7 Å². The fraction of sp³-hybridized carbons (Fsp3) is 0.818. The molecule has 1 rings (SSSR count). The number of carbonyl (C=O) groups is 2. The molecule has 0 saturated carbocycles. The van der Waals surface area contributed by atoms with Gasteiger partial charge in [-0.05, 0) is 26.8 Å². The summed E-state index contributed by atoms with van der Waals surface area (Å²) in [5.74, 6) is -0.0208. The van der Waals surface area contributed by atoms with Gasteiger partial charge in [-0.25, -0.2) is 0 Å². The summed E-state index contributed by atoms with van der Waals surface area (Å²) < 4.78 is 5.25. The molecule has 16 heavy (non-hydrogen) atoms. The predicted molar refractivity (Wildman–Crippen MR) is 59.9 cm³/mol. The second kappa shape index (κ2) is 5.96. The molecule has 5 heteroatoms. The summed E-state index contributed by atoms with van der Waals surface area (Å²) in [5.41, 5.74) is 0. The van der Waals surface area contributed by atoms with Crippen LogP contribution in [0, 0.1) is 0 Å². The van der Waals surface area contributed by atoms with Crippen molar-refractivity contribution in [3.05, 3.63) is 0 Å². The van der Waals surface area contributed by atoms with Gasteiger partial charge in [0.25, 0.3) is 0 Å². The van der Waals surface area contributed by atoms with E-state index in [4.69, 9.17) is 4.74 Å². The number of ether oxygens (including phenoxy) is 1. The van der Waals surface area contributed by atoms with Crippen LogP contribution < -0.4 is 5.32 Å². The summed E-state index contributed by atoms with van der Waals surface area (Å²) in [6.45, 7) is 4.23. The van der Waals surface area contributed by atoms with Crippen LogP contribution in [0.25, 0.3) is 0 Å². The SMILES string of the molecule is CCC(NC)C(=O)N1COCCC1C(C)=O. The van der Waals surface area contributed by atoms with Gasteiger partial charge in [0.2, 0.25) is 5.91 Å². The molecule has 0 bridgehead atoms. The Balaban J connectivity index is 2.74. The molecule has 0 spiro atoms. The van der Waals surface area contributed by atoms with E-state index in [1.807, 2.05) is 6.92 Å². The van der Waals surface area contributed by atoms with Gasteiger partial charge in [-0.15, -0.1) is 0 Å². The van der Waals surface area contributed by atoms with Gasteiger partial charge in [0.05, 0.1) is 18.7 Å². The molecule has 2 atom stereocenters. The minimum absolute atomic E-state index is 0.0302. The quantitative estimate of drug-likeness (QED) is 0.744. The van der Waals surface area contributed by atoms with Gasteiger partial charge in [0.15, 0.2) is 5.78 Å². The molecule has 1 fully saturated rings. The molecule has 92 valence electrons. The Labute approximate surface area is 96.1 Å². The largest absolute Gasteiger partial charge is 0.361 e. The Bertz CT molecular complexity index is 264. The molecule has 5 nitrogen and oxygen atoms in total. The third-order valence-corrected chi connectivity index (χ3v) is 2.95. The van der Waals surface area contributed by atoms with Crippen molar-refractivity contribution in [2.75, 3.05) is 20.4 Å². The lowest BCUT2D eigenvalue weighted by molar-refractivity contribution is -0.154. The molecular formula is C11H20N2O3. The maximum atomic E-state index is 12.1. The second-order valence-corrected chi connectivity index (χ2v) is 4.01. The maximum absolute atomic E-state index is 12.1. The first kappa shape index (κ1) is 13.1. The van der Waals surface area contributed by atoms with Crippen LogP contribution in [-0.2, 0) is 14.3 Å². The number of nitrogens with one attached hydrogen (secondary N) is 1. The van der Waals surface area contributed by atoms with E-state index in [-0.39, 0.29) is 30.5 Å². The number of carbonyl (C=O) groups excluding carboxylic acids is 2. The lowest BCUT2D eigenvalue weighted by Gasteiger charge is -2.35. The van der Waals surface area contributed by atoms with Crippen molar-refractivity contribution in [1.82, 2.24) is 10.2 Å². The van der Waals surface area contributed by atoms with Crippen LogP contribution in [0.2, 0.25) is 0 Å². The van der Waals surface area contributed by atoms with E-state index in [1.54, 1.807) is 7.05 Å². The van der Waals surface area contributed by atoms with Crippen LogP contribution in [-0.4, -0.2) is 49.1 Å². The third kappa shape index (κ3) is 2.80. The van der Waals surface area contributed by atoms with Gasteiger partial charge in [-0.3, -0.25) is 9.59 Å². The van der Waals surface area contributed by atoms with Crippen LogP contribution in [0.3, 0.4) is 0 Å². The Morgan fingerprint density at radius 1 is 1.56 bits per heavy atom. The Hall–Kier alpha value is -0.940. The standard InChI is InChI=1S/C11H20N2O3/c1-4-9(12-3)11(15)13-7-16-6-5-10(13)8(2)14/h9-10,12H,4-7H2,1-3H3. The fourth-order valence-electron chi connectivity index (χ4n) is 1.95. The first-order valence-electron chi connectivity index (χ1n) is 5.67. The van der Waals surface area contributed by atoms with Crippen molar-refractivity contribution in [2.45, 2.75) is 38.8 Å². The van der Waals surface area contributed by atoms with Crippen molar-refractivity contribution < 1.29 is 14.3 Å². The van der Waals surface area contributed by atoms with Crippen molar-refractivity contribution in [1.29, 1.82) is 0 Å². The highest BCUT2D eigenvalue weighted by molar-refractivity contribution is 5.89. The predicted octanol–water partition coefficient (Wildman–Crippen LogP) is 0.148. The molecule has 1 saturated heterocycles. The zero-order valence-electron chi connectivity index (χ0n) is 10.2. The summed E-state index contributed by atoms with van der Waals surface area (Å²) in [6, 6.07) is -0.549. The Kier molecular flexibility index (Phi) is 4.89. The van der Waals surface area contributed by atoms with E-state index in [1.165, 1.54) is 11.8 Å². The van der Waals surface area contributed by atoms with Gasteiger partial charge in [0, 0.05) is 0 Å². The summed E-state index contributed by atoms with van der Waals surface area (Å²) in [4.78, 5) is 25.1. The van der Waals surface area contributed by atoms with Crippen LogP contribution in [0.4, 0.5) is 0 Å². The van der Waals surface area contributed by atoms with E-state index in [0.717, 1.165) is 0 Å². The number of hydrogen-bond donors (Lipinski definition) is 1. The summed E-state index contributed by atoms with van der Waals surface area (Å²) in [5, 5.41) is 2.95. The Morgan fingerprint density at radius 3 is 2.75 bits per heavy atom. The molecule has 0 radical (unpaired) electrons. The molecule has 1 aliphatic rings. The van der Waals surface area contributed by atoms with Crippen LogP contribution >= 0.6 is 0 Å². The number of nitrogens with zero attached hydrogens (tertiary/aromatic N) is 1. The van der Waals surface area contributed by atoms with Crippen LogP contribution in [0.15, 0.2) is 0 Å². The minimum atomic E-state index is -0.316. The molecule has 0 aromatic rings. The highest BCUT2D eigenvalue weighted by atomic mass is 16.5. The molecule has 2 unspecified atom stereocenters. The topological polar surface area (TPSA) is 58.6 Å². The molecule has 0 aromatic carbocycles. The number of rotatable bonds is 4. The number of Topliss-reactive ketones (excluding diaryl/α,β-unsaturated/α-hetero) is 1. The van der Waals surface area contributed by atoms with Gasteiger partial charge in [-0.1, -0.05) is 6.92 Å². The molecule has 0 aromatic heterocycles. The molecule has 1 aliphatic heterocycles. The monoisotopic (exact) mass is 228 g/mol. The summed E-state index contributed by atoms with van der Waals surface area (Å²) in [7, 11) is 1.75. The number of hydrogen-bond acceptors (Lipinski definition) is 4. The van der Waals surface area contributed by atoms with E-state index in [2.05, 4.69) is 5.32 Å². The van der Waals surface area contributed by atoms with E-state index in [0.29, 0.717) is 19.4 Å². The molecular weight excluding hydrogens is 208 g/mol. The molecule has 1 amide bonds. The van der Waals surface area contributed by atoms with Crippen molar-refractivity contribution in [3.8, 4) is 0 Å². The lowest BCUT2D eigenvalue weighted by atomic mass is 10.1. The molecule has 1 N–H and O–H groups in total. The van der Waals surface area contributed by atoms with Crippen molar-refractivity contribution in [2.24, 2.45) is 0 Å². The van der Waals surface area contributed by atoms with E-state index in [9.17, 15) is 9.59 Å². The smallest absolute Gasteiger partial charge is 0.242 e. The first-order valence-corrected chi connectivity index (χ1v) is 5.67. The lowest BCUT2D eigenvalue weighted by Crippen LogP contribution is -2.54. The van der Waals surface area contributed by atoms with E-state index >= 15 is 0 Å². The van der Waals surface area contributed by atoms with Crippen molar-refractivity contribution in [3.63, 3.8) is 0 Å². The van der Waals surface area contributed by atoms with Gasteiger partial charge < -0.3 is 15.0 Å². The zero-order valence-corrected chi connectivity index (χ0v) is 10.2. The number of ketones is 1. The van der Waals surface area contributed by atoms with Gasteiger partial charge in [0.1, 0.15) is 6.73 Å². The normalized spacial score (nSPS) is 22.9. The molecule has 1 heterocycles. The maximum Gasteiger partial charge on any atom is 0.242 e. The highest BCUT2D eigenvalue weighted by Gasteiger charge is 2.33. The van der Waals surface area contributed by atoms with Crippen LogP contribution in [0.1, 0.15) is 26.7 Å². The third-order valence-electron chi connectivity index (χ3n) is 2.95. The zero-order chi connectivity index (χ0) is 12.1. The highest BCUT2D eigenvalue weighted by Crippen LogP contribution is 2.14. The minimum Gasteiger partial charge on any atom is -0.361 e. The van der Waals surface area contributed by atoms with E-state index < -0.39 is 0 Å². The average molecular weight is 228 g/mol. The Morgan fingerprint density at radius 2 is 2.25 bits per heavy atom.